The van der Waals surface area contributed by atoms with Gasteiger partial charge in [-0.2, -0.15) is 0 Å². The van der Waals surface area contributed by atoms with Gasteiger partial charge in [0.1, 0.15) is 0 Å². The van der Waals surface area contributed by atoms with Crippen LogP contribution in [0.25, 0.3) is 0 Å². The summed E-state index contributed by atoms with van der Waals surface area (Å²) in [5, 5.41) is 6.67. The van der Waals surface area contributed by atoms with E-state index in [1.807, 2.05) is 18.2 Å². The highest BCUT2D eigenvalue weighted by Crippen LogP contribution is 2.32. The van der Waals surface area contributed by atoms with E-state index in [1.165, 1.54) is 12.8 Å². The van der Waals surface area contributed by atoms with Gasteiger partial charge in [0, 0.05) is 51.6 Å². The lowest BCUT2D eigenvalue weighted by Crippen LogP contribution is -2.34. The Morgan fingerprint density at radius 2 is 1.90 bits per heavy atom. The van der Waals surface area contributed by atoms with Gasteiger partial charge in [0.25, 0.3) is 0 Å². The van der Waals surface area contributed by atoms with E-state index in [9.17, 15) is 0 Å². The van der Waals surface area contributed by atoms with Gasteiger partial charge >= 0.3 is 0 Å². The van der Waals surface area contributed by atoms with E-state index in [2.05, 4.69) is 15.6 Å². The molecule has 0 spiro atoms. The largest absolute Gasteiger partial charge is 0.490 e. The monoisotopic (exact) mass is 549 g/mol. The van der Waals surface area contributed by atoms with Crippen LogP contribution in [0.15, 0.2) is 23.2 Å². The first kappa shape index (κ1) is 26.0. The number of halogens is 1. The average Bonchev–Trinajstić information content (AvgIpc) is 3.59. The van der Waals surface area contributed by atoms with Crippen molar-refractivity contribution in [3.8, 4) is 11.5 Å². The summed E-state index contributed by atoms with van der Waals surface area (Å²) in [5.74, 6) is 3.05. The van der Waals surface area contributed by atoms with Crippen LogP contribution >= 0.6 is 24.0 Å². The molecule has 8 nitrogen and oxygen atoms in total. The highest BCUT2D eigenvalue weighted by atomic mass is 127. The van der Waals surface area contributed by atoms with Crippen LogP contribution in [0.5, 0.6) is 11.5 Å². The minimum Gasteiger partial charge on any atom is -0.490 e. The number of benzene rings is 1. The number of ether oxygens (including phenoxy) is 5. The zero-order valence-electron chi connectivity index (χ0n) is 18.4. The standard InChI is InChI=1S/C22H35N3O5.HI/c1-26-14-15-27-13-9-24-22(23-8-2-10-28-17-18-4-5-18)25-19-6-7-20-21(16-19)30-12-3-11-29-20;/h6-7,16,18H,2-5,8-15,17H2,1H3,(H2,23,24,25);1H. The highest BCUT2D eigenvalue weighted by molar-refractivity contribution is 14.0. The van der Waals surface area contributed by atoms with Gasteiger partial charge < -0.3 is 34.3 Å². The molecule has 3 rings (SSSR count). The van der Waals surface area contributed by atoms with Gasteiger partial charge in [-0.3, -0.25) is 4.99 Å². The number of nitrogens with zero attached hydrogens (tertiary/aromatic N) is 1. The van der Waals surface area contributed by atoms with Gasteiger partial charge in [-0.15, -0.1) is 24.0 Å². The summed E-state index contributed by atoms with van der Waals surface area (Å²) in [6, 6.07) is 5.85. The second kappa shape index (κ2) is 15.5. The predicted molar refractivity (Wildman–Crippen MR) is 132 cm³/mol. The number of fused-ring (bicyclic) bond motifs is 1. The van der Waals surface area contributed by atoms with E-state index in [0.29, 0.717) is 52.1 Å². The Kier molecular flexibility index (Phi) is 13.0. The number of guanidine groups is 1. The van der Waals surface area contributed by atoms with Crippen molar-refractivity contribution in [2.45, 2.75) is 25.7 Å². The van der Waals surface area contributed by atoms with Crippen LogP contribution in [0.4, 0.5) is 5.69 Å². The second-order valence-electron chi connectivity index (χ2n) is 7.47. The quantitative estimate of drug-likeness (QED) is 0.169. The number of anilines is 1. The van der Waals surface area contributed by atoms with Gasteiger partial charge in [-0.1, -0.05) is 0 Å². The number of nitrogens with one attached hydrogen (secondary N) is 2. The first-order valence-corrected chi connectivity index (χ1v) is 10.9. The van der Waals surface area contributed by atoms with E-state index >= 15 is 0 Å². The maximum absolute atomic E-state index is 5.78. The Bertz CT molecular complexity index is 658. The van der Waals surface area contributed by atoms with E-state index < -0.39 is 0 Å². The summed E-state index contributed by atoms with van der Waals surface area (Å²) in [6.45, 7) is 6.08. The van der Waals surface area contributed by atoms with Crippen LogP contribution in [0.3, 0.4) is 0 Å². The lowest BCUT2D eigenvalue weighted by Gasteiger charge is -2.15. The molecule has 1 aromatic rings. The minimum atomic E-state index is 0. The molecule has 0 aromatic heterocycles. The molecule has 0 saturated heterocycles. The molecule has 1 heterocycles. The number of rotatable bonds is 13. The van der Waals surface area contributed by atoms with Crippen molar-refractivity contribution < 1.29 is 23.7 Å². The number of hydrogen-bond acceptors (Lipinski definition) is 6. The SMILES string of the molecule is COCCOCCNC(=NCCCOCC1CC1)Nc1ccc2c(c1)OCCCO2.I. The van der Waals surface area contributed by atoms with Crippen LogP contribution in [-0.4, -0.2) is 72.4 Å². The zero-order chi connectivity index (χ0) is 20.9. The lowest BCUT2D eigenvalue weighted by molar-refractivity contribution is 0.0734. The van der Waals surface area contributed by atoms with Crippen molar-refractivity contribution in [1.82, 2.24) is 5.32 Å². The van der Waals surface area contributed by atoms with Gasteiger partial charge in [-0.05, 0) is 37.3 Å². The van der Waals surface area contributed by atoms with Crippen LogP contribution < -0.4 is 20.1 Å². The molecule has 2 N–H and O–H groups in total. The molecule has 1 aliphatic carbocycles. The first-order valence-electron chi connectivity index (χ1n) is 10.9. The van der Waals surface area contributed by atoms with E-state index in [1.54, 1.807) is 7.11 Å². The van der Waals surface area contributed by atoms with E-state index in [-0.39, 0.29) is 24.0 Å². The van der Waals surface area contributed by atoms with Crippen molar-refractivity contribution in [2.24, 2.45) is 10.9 Å². The normalized spacial score (nSPS) is 15.7. The molecule has 2 aliphatic rings. The molecule has 31 heavy (non-hydrogen) atoms. The van der Waals surface area contributed by atoms with Crippen molar-refractivity contribution in [1.29, 1.82) is 0 Å². The third-order valence-corrected chi connectivity index (χ3v) is 4.75. The molecule has 1 fully saturated rings. The van der Waals surface area contributed by atoms with E-state index in [0.717, 1.165) is 49.2 Å². The smallest absolute Gasteiger partial charge is 0.195 e. The fraction of sp³-hybridized carbons (Fsp3) is 0.682. The summed E-state index contributed by atoms with van der Waals surface area (Å²) in [7, 11) is 1.67. The number of methoxy groups -OCH3 is 1. The number of hydrogen-bond donors (Lipinski definition) is 2. The number of aliphatic imine (C=N–C) groups is 1. The van der Waals surface area contributed by atoms with Gasteiger partial charge in [0.15, 0.2) is 17.5 Å². The molecule has 0 unspecified atom stereocenters. The fourth-order valence-corrected chi connectivity index (χ4v) is 2.90. The van der Waals surface area contributed by atoms with Gasteiger partial charge in [0.05, 0.1) is 33.0 Å². The Labute approximate surface area is 202 Å². The molecular weight excluding hydrogens is 513 g/mol. The summed E-state index contributed by atoms with van der Waals surface area (Å²) >= 11 is 0. The van der Waals surface area contributed by atoms with Crippen molar-refractivity contribution in [3.63, 3.8) is 0 Å². The first-order chi connectivity index (χ1) is 14.8. The molecule has 1 aromatic carbocycles. The average molecular weight is 549 g/mol. The molecule has 1 aliphatic heterocycles. The predicted octanol–water partition coefficient (Wildman–Crippen LogP) is 3.30. The maximum atomic E-state index is 5.78. The van der Waals surface area contributed by atoms with Crippen LogP contribution in [0.2, 0.25) is 0 Å². The fourth-order valence-electron chi connectivity index (χ4n) is 2.90. The molecule has 0 bridgehead atoms. The highest BCUT2D eigenvalue weighted by Gasteiger charge is 2.20. The Hall–Kier alpha value is -1.30. The molecule has 1 saturated carbocycles. The lowest BCUT2D eigenvalue weighted by atomic mass is 10.3. The molecule has 176 valence electrons. The molecular formula is C22H36IN3O5. The summed E-state index contributed by atoms with van der Waals surface area (Å²) in [5.41, 5.74) is 0.899. The van der Waals surface area contributed by atoms with Gasteiger partial charge in [0.2, 0.25) is 0 Å². The molecule has 9 heteroatoms. The van der Waals surface area contributed by atoms with E-state index in [4.69, 9.17) is 23.7 Å². The van der Waals surface area contributed by atoms with Crippen LogP contribution in [0, 0.1) is 5.92 Å². The van der Waals surface area contributed by atoms with Crippen molar-refractivity contribution in [2.75, 3.05) is 71.8 Å². The third-order valence-electron chi connectivity index (χ3n) is 4.75. The summed E-state index contributed by atoms with van der Waals surface area (Å²) < 4.78 is 27.7. The maximum Gasteiger partial charge on any atom is 0.195 e. The molecule has 0 amide bonds. The Morgan fingerprint density at radius 1 is 1.06 bits per heavy atom. The molecule has 0 radical (unpaired) electrons. The second-order valence-corrected chi connectivity index (χ2v) is 7.47. The van der Waals surface area contributed by atoms with Crippen molar-refractivity contribution >= 4 is 35.6 Å². The Balaban J connectivity index is 0.00000341. The van der Waals surface area contributed by atoms with Gasteiger partial charge in [-0.25, -0.2) is 0 Å². The molecule has 0 atom stereocenters. The Morgan fingerprint density at radius 3 is 2.71 bits per heavy atom. The van der Waals surface area contributed by atoms with Crippen molar-refractivity contribution in [3.05, 3.63) is 18.2 Å². The topological polar surface area (TPSA) is 82.6 Å². The zero-order valence-corrected chi connectivity index (χ0v) is 20.7. The van der Waals surface area contributed by atoms with Crippen LogP contribution in [-0.2, 0) is 14.2 Å². The third kappa shape index (κ3) is 10.7. The summed E-state index contributed by atoms with van der Waals surface area (Å²) in [6.07, 6.45) is 4.42. The van der Waals surface area contributed by atoms with Crippen LogP contribution in [0.1, 0.15) is 25.7 Å². The summed E-state index contributed by atoms with van der Waals surface area (Å²) in [4.78, 5) is 4.68. The minimum absolute atomic E-state index is 0.